The molecule has 1 saturated carbocycles. The number of benzene rings is 1. The fraction of sp³-hybridized carbons (Fsp3) is 0.294. The van der Waals surface area contributed by atoms with Crippen molar-refractivity contribution in [1.82, 2.24) is 10.1 Å². The van der Waals surface area contributed by atoms with Crippen molar-refractivity contribution >= 4 is 27.0 Å². The first-order valence-electron chi connectivity index (χ1n) is 8.10. The van der Waals surface area contributed by atoms with Gasteiger partial charge in [-0.1, -0.05) is 23.4 Å². The average Bonchev–Trinajstić information content (AvgIpc) is 3.13. The van der Waals surface area contributed by atoms with Crippen LogP contribution in [0.1, 0.15) is 31.6 Å². The molecule has 0 spiro atoms. The average molecular weight is 375 g/mol. The first-order valence-corrected chi connectivity index (χ1v) is 10.4. The zero-order valence-corrected chi connectivity index (χ0v) is 15.3. The number of hydrogen-bond acceptors (Lipinski definition) is 6. The Kier molecular flexibility index (Phi) is 4.09. The summed E-state index contributed by atoms with van der Waals surface area (Å²) in [4.78, 5) is 4.38. The molecule has 0 bridgehead atoms. The molecule has 1 aromatic carbocycles. The number of thiophene rings is 1. The largest absolute Gasteiger partial charge is 0.339 e. The standard InChI is InChI=1S/C17H17N3O3S2/c1-2-20(14-6-4-3-5-7-14)25(21,22)15-10-13(11-24-15)16-18-17(23-19-16)12-8-9-12/h3-7,10-12H,2,8-9H2,1H3. The minimum atomic E-state index is -3.62. The molecule has 2 heterocycles. The normalized spacial score (nSPS) is 14.6. The summed E-state index contributed by atoms with van der Waals surface area (Å²) in [5.74, 6) is 1.46. The molecule has 6 nitrogen and oxygen atoms in total. The fourth-order valence-corrected chi connectivity index (χ4v) is 5.36. The van der Waals surface area contributed by atoms with E-state index in [0.29, 0.717) is 35.4 Å². The number of hydrogen-bond donors (Lipinski definition) is 0. The van der Waals surface area contributed by atoms with Crippen LogP contribution in [0.2, 0.25) is 0 Å². The van der Waals surface area contributed by atoms with Gasteiger partial charge in [-0.15, -0.1) is 11.3 Å². The summed E-state index contributed by atoms with van der Waals surface area (Å²) in [5, 5.41) is 5.74. The van der Waals surface area contributed by atoms with Gasteiger partial charge in [0.2, 0.25) is 11.7 Å². The zero-order valence-electron chi connectivity index (χ0n) is 13.6. The molecule has 1 fully saturated rings. The molecule has 2 aromatic heterocycles. The Morgan fingerprint density at radius 2 is 2.04 bits per heavy atom. The highest BCUT2D eigenvalue weighted by Crippen LogP contribution is 2.40. The molecule has 130 valence electrons. The first-order chi connectivity index (χ1) is 12.1. The highest BCUT2D eigenvalue weighted by Gasteiger charge is 2.30. The van der Waals surface area contributed by atoms with E-state index < -0.39 is 10.0 Å². The van der Waals surface area contributed by atoms with Crippen LogP contribution in [0.25, 0.3) is 11.4 Å². The molecule has 0 aliphatic heterocycles. The SMILES string of the molecule is CCN(c1ccccc1)S(=O)(=O)c1cc(-c2noc(C3CC3)n2)cs1. The summed E-state index contributed by atoms with van der Waals surface area (Å²) < 4.78 is 32.9. The molecular formula is C17H17N3O3S2. The van der Waals surface area contributed by atoms with E-state index in [0.717, 1.165) is 12.8 Å². The third-order valence-electron chi connectivity index (χ3n) is 4.08. The number of sulfonamides is 1. The fourth-order valence-electron chi connectivity index (χ4n) is 2.61. The number of nitrogens with zero attached hydrogens (tertiary/aromatic N) is 3. The van der Waals surface area contributed by atoms with Gasteiger partial charge in [0.05, 0.1) is 5.69 Å². The topological polar surface area (TPSA) is 76.3 Å². The van der Waals surface area contributed by atoms with Gasteiger partial charge in [-0.3, -0.25) is 4.31 Å². The van der Waals surface area contributed by atoms with Crippen molar-refractivity contribution in [2.24, 2.45) is 0 Å². The van der Waals surface area contributed by atoms with Crippen LogP contribution < -0.4 is 4.31 Å². The van der Waals surface area contributed by atoms with Crippen molar-refractivity contribution in [2.75, 3.05) is 10.8 Å². The van der Waals surface area contributed by atoms with Crippen molar-refractivity contribution in [2.45, 2.75) is 29.9 Å². The Morgan fingerprint density at radius 3 is 2.72 bits per heavy atom. The van der Waals surface area contributed by atoms with Gasteiger partial charge in [-0.05, 0) is 38.0 Å². The van der Waals surface area contributed by atoms with Crippen LogP contribution in [-0.4, -0.2) is 25.1 Å². The monoisotopic (exact) mass is 375 g/mol. The lowest BCUT2D eigenvalue weighted by molar-refractivity contribution is 0.380. The van der Waals surface area contributed by atoms with Crippen LogP contribution in [0.15, 0.2) is 50.5 Å². The molecule has 0 amide bonds. The molecule has 1 aliphatic rings. The smallest absolute Gasteiger partial charge is 0.273 e. The maximum atomic E-state index is 13.0. The van der Waals surface area contributed by atoms with Gasteiger partial charge in [0.15, 0.2) is 0 Å². The van der Waals surface area contributed by atoms with Gasteiger partial charge >= 0.3 is 0 Å². The molecule has 0 N–H and O–H groups in total. The number of aromatic nitrogens is 2. The minimum absolute atomic E-state index is 0.269. The van der Waals surface area contributed by atoms with Gasteiger partial charge < -0.3 is 4.52 Å². The summed E-state index contributed by atoms with van der Waals surface area (Å²) in [5.41, 5.74) is 1.32. The third kappa shape index (κ3) is 3.07. The molecule has 3 aromatic rings. The van der Waals surface area contributed by atoms with Crippen LogP contribution in [0.4, 0.5) is 5.69 Å². The Morgan fingerprint density at radius 1 is 1.28 bits per heavy atom. The van der Waals surface area contributed by atoms with Crippen molar-refractivity contribution in [3.05, 3.63) is 47.7 Å². The third-order valence-corrected chi connectivity index (χ3v) is 7.40. The predicted molar refractivity (Wildman–Crippen MR) is 96.2 cm³/mol. The van der Waals surface area contributed by atoms with Gasteiger partial charge in [0.1, 0.15) is 4.21 Å². The van der Waals surface area contributed by atoms with Crippen molar-refractivity contribution in [3.63, 3.8) is 0 Å². The van der Waals surface area contributed by atoms with Crippen molar-refractivity contribution < 1.29 is 12.9 Å². The van der Waals surface area contributed by atoms with Crippen molar-refractivity contribution in [3.8, 4) is 11.4 Å². The maximum absolute atomic E-state index is 13.0. The second-order valence-electron chi connectivity index (χ2n) is 5.89. The first kappa shape index (κ1) is 16.3. The lowest BCUT2D eigenvalue weighted by atomic mass is 10.3. The van der Waals surface area contributed by atoms with E-state index >= 15 is 0 Å². The molecule has 0 unspecified atom stereocenters. The van der Waals surface area contributed by atoms with Crippen LogP contribution >= 0.6 is 11.3 Å². The zero-order chi connectivity index (χ0) is 17.4. The van der Waals surface area contributed by atoms with E-state index in [2.05, 4.69) is 10.1 Å². The molecule has 0 saturated heterocycles. The Hall–Kier alpha value is -2.19. The van der Waals surface area contributed by atoms with Crippen LogP contribution in [0.3, 0.4) is 0 Å². The molecular weight excluding hydrogens is 358 g/mol. The molecule has 8 heteroatoms. The maximum Gasteiger partial charge on any atom is 0.273 e. The molecule has 1 aliphatic carbocycles. The lowest BCUT2D eigenvalue weighted by Crippen LogP contribution is -2.30. The van der Waals surface area contributed by atoms with E-state index in [-0.39, 0.29) is 4.21 Å². The molecule has 0 radical (unpaired) electrons. The summed E-state index contributed by atoms with van der Waals surface area (Å²) in [6.07, 6.45) is 2.15. The summed E-state index contributed by atoms with van der Waals surface area (Å²) in [6.45, 7) is 2.17. The van der Waals surface area contributed by atoms with Crippen LogP contribution in [-0.2, 0) is 10.0 Å². The number of para-hydroxylation sites is 1. The number of anilines is 1. The Labute approximate surface area is 150 Å². The highest BCUT2D eigenvalue weighted by atomic mass is 32.2. The van der Waals surface area contributed by atoms with E-state index in [9.17, 15) is 8.42 Å². The summed E-state index contributed by atoms with van der Waals surface area (Å²) in [7, 11) is -3.62. The molecule has 25 heavy (non-hydrogen) atoms. The Bertz CT molecular complexity index is 976. The van der Waals surface area contributed by atoms with Crippen molar-refractivity contribution in [1.29, 1.82) is 0 Å². The van der Waals surface area contributed by atoms with Crippen LogP contribution in [0, 0.1) is 0 Å². The second kappa shape index (κ2) is 6.27. The Balaban J connectivity index is 1.65. The predicted octanol–water partition coefficient (Wildman–Crippen LogP) is 3.89. The number of rotatable bonds is 6. The van der Waals surface area contributed by atoms with Crippen LogP contribution in [0.5, 0.6) is 0 Å². The molecule has 0 atom stereocenters. The molecule has 4 rings (SSSR count). The van der Waals surface area contributed by atoms with E-state index in [4.69, 9.17) is 4.52 Å². The van der Waals surface area contributed by atoms with E-state index in [1.165, 1.54) is 15.6 Å². The van der Waals surface area contributed by atoms with E-state index in [1.807, 2.05) is 25.1 Å². The minimum Gasteiger partial charge on any atom is -0.339 e. The van der Waals surface area contributed by atoms with Gasteiger partial charge in [0.25, 0.3) is 10.0 Å². The summed E-state index contributed by atoms with van der Waals surface area (Å²) >= 11 is 1.17. The second-order valence-corrected chi connectivity index (χ2v) is 8.89. The van der Waals surface area contributed by atoms with Gasteiger partial charge in [-0.2, -0.15) is 4.98 Å². The summed E-state index contributed by atoms with van der Waals surface area (Å²) in [6, 6.07) is 10.7. The van der Waals surface area contributed by atoms with Gasteiger partial charge in [0, 0.05) is 23.4 Å². The lowest BCUT2D eigenvalue weighted by Gasteiger charge is -2.21. The van der Waals surface area contributed by atoms with Gasteiger partial charge in [-0.25, -0.2) is 8.42 Å². The highest BCUT2D eigenvalue weighted by molar-refractivity contribution is 7.94. The quantitative estimate of drug-likeness (QED) is 0.653. The van der Waals surface area contributed by atoms with E-state index in [1.54, 1.807) is 23.6 Å².